The van der Waals surface area contributed by atoms with Crippen LogP contribution in [0, 0.1) is 5.82 Å². The fraction of sp³-hybridized carbons (Fsp3) is 0.346. The lowest BCUT2D eigenvalue weighted by molar-refractivity contribution is 0.0938. The maximum absolute atomic E-state index is 13.4. The van der Waals surface area contributed by atoms with Gasteiger partial charge < -0.3 is 15.0 Å². The number of nitrogens with one attached hydrogen (secondary N) is 1. The van der Waals surface area contributed by atoms with Crippen molar-refractivity contribution >= 4 is 5.91 Å². The van der Waals surface area contributed by atoms with Gasteiger partial charge in [0.15, 0.2) is 0 Å². The summed E-state index contributed by atoms with van der Waals surface area (Å²) in [4.78, 5) is 29.7. The normalized spacial score (nSPS) is 14.6. The molecule has 8 nitrogen and oxygen atoms in total. The van der Waals surface area contributed by atoms with E-state index in [-0.39, 0.29) is 29.8 Å². The van der Waals surface area contributed by atoms with Gasteiger partial charge in [-0.05, 0) is 48.5 Å². The van der Waals surface area contributed by atoms with Crippen LogP contribution in [0.1, 0.15) is 22.8 Å². The summed E-state index contributed by atoms with van der Waals surface area (Å²) in [6.07, 6.45) is 0. The zero-order valence-corrected chi connectivity index (χ0v) is 19.8. The maximum Gasteiger partial charge on any atom is 0.271 e. The first kappa shape index (κ1) is 24.6. The lowest BCUT2D eigenvalue weighted by Gasteiger charge is -2.33. The molecule has 0 atom stereocenters. The van der Waals surface area contributed by atoms with Crippen molar-refractivity contribution in [3.63, 3.8) is 0 Å². The zero-order chi connectivity index (χ0) is 24.6. The molecule has 0 unspecified atom stereocenters. The second-order valence-corrected chi connectivity index (χ2v) is 8.42. The number of rotatable bonds is 9. The van der Waals surface area contributed by atoms with Crippen LogP contribution in [-0.4, -0.2) is 71.3 Å². The lowest BCUT2D eigenvalue weighted by Crippen LogP contribution is -2.48. The van der Waals surface area contributed by atoms with Gasteiger partial charge in [0.05, 0.1) is 5.69 Å². The van der Waals surface area contributed by atoms with Crippen LogP contribution in [0.15, 0.2) is 65.5 Å². The fourth-order valence-corrected chi connectivity index (χ4v) is 3.95. The number of likely N-dealkylation sites (N-methyl/N-ethyl adjacent to an activating group) is 1. The van der Waals surface area contributed by atoms with Crippen LogP contribution in [0.3, 0.4) is 0 Å². The topological polar surface area (TPSA) is 79.7 Å². The first-order valence-corrected chi connectivity index (χ1v) is 11.8. The van der Waals surface area contributed by atoms with E-state index in [2.05, 4.69) is 27.1 Å². The molecule has 184 valence electrons. The number of hydrogen-bond donors (Lipinski definition) is 1. The Kier molecular flexibility index (Phi) is 8.23. The van der Waals surface area contributed by atoms with Gasteiger partial charge in [0.2, 0.25) is 5.88 Å². The molecule has 1 aliphatic rings. The van der Waals surface area contributed by atoms with Gasteiger partial charge in [-0.15, -0.1) is 5.10 Å². The molecule has 2 heterocycles. The fourth-order valence-electron chi connectivity index (χ4n) is 3.95. The van der Waals surface area contributed by atoms with Crippen molar-refractivity contribution in [1.29, 1.82) is 0 Å². The van der Waals surface area contributed by atoms with Crippen LogP contribution in [0.4, 0.5) is 4.39 Å². The molecule has 2 aromatic carbocycles. The van der Waals surface area contributed by atoms with E-state index in [1.54, 1.807) is 36.4 Å². The van der Waals surface area contributed by atoms with E-state index in [4.69, 9.17) is 4.74 Å². The van der Waals surface area contributed by atoms with Gasteiger partial charge in [0, 0.05) is 57.0 Å². The third kappa shape index (κ3) is 6.74. The molecule has 0 spiro atoms. The first-order valence-electron chi connectivity index (χ1n) is 11.8. The number of aromatic nitrogens is 2. The molecular weight excluding hydrogens is 449 g/mol. The van der Waals surface area contributed by atoms with Crippen LogP contribution >= 0.6 is 0 Å². The summed E-state index contributed by atoms with van der Waals surface area (Å²) in [5, 5.41) is 7.21. The summed E-state index contributed by atoms with van der Waals surface area (Å²) < 4.78 is 20.2. The Balaban J connectivity index is 1.32. The van der Waals surface area contributed by atoms with Gasteiger partial charge in [-0.25, -0.2) is 4.39 Å². The number of piperazine rings is 1. The number of nitrogens with zero attached hydrogens (tertiary/aromatic N) is 4. The standard InChI is InChI=1S/C26H30FN5O3/c1-2-30-14-16-31(17-15-30)13-12-28-26(34)21-6-8-23(9-7-21)32-25(33)11-10-24(29-32)35-19-20-4-3-5-22(27)18-20/h3-11,18H,2,12-17,19H2,1H3,(H,28,34). The summed E-state index contributed by atoms with van der Waals surface area (Å²) in [6.45, 7) is 8.95. The number of amides is 1. The molecule has 1 amide bonds. The highest BCUT2D eigenvalue weighted by molar-refractivity contribution is 5.94. The van der Waals surface area contributed by atoms with Gasteiger partial charge in [-0.3, -0.25) is 14.5 Å². The molecule has 35 heavy (non-hydrogen) atoms. The predicted molar refractivity (Wildman–Crippen MR) is 131 cm³/mol. The summed E-state index contributed by atoms with van der Waals surface area (Å²) in [7, 11) is 0. The molecule has 0 saturated carbocycles. The smallest absolute Gasteiger partial charge is 0.271 e. The number of carbonyl (C=O) groups is 1. The number of benzene rings is 2. The Labute approximate surface area is 203 Å². The first-order chi connectivity index (χ1) is 17.0. The van der Waals surface area contributed by atoms with E-state index in [1.807, 2.05) is 0 Å². The number of ether oxygens (including phenoxy) is 1. The highest BCUT2D eigenvalue weighted by atomic mass is 19.1. The quantitative estimate of drug-likeness (QED) is 0.508. The van der Waals surface area contributed by atoms with Crippen molar-refractivity contribution in [2.24, 2.45) is 0 Å². The number of hydrogen-bond acceptors (Lipinski definition) is 6. The molecule has 1 N–H and O–H groups in total. The molecule has 9 heteroatoms. The summed E-state index contributed by atoms with van der Waals surface area (Å²) in [5.74, 6) is -0.269. The average Bonchev–Trinajstić information content (AvgIpc) is 2.89. The summed E-state index contributed by atoms with van der Waals surface area (Å²) in [6, 6.07) is 15.6. The third-order valence-electron chi connectivity index (χ3n) is 6.05. The Bertz CT molecular complexity index is 1190. The van der Waals surface area contributed by atoms with E-state index in [1.165, 1.54) is 28.9 Å². The minimum Gasteiger partial charge on any atom is -0.472 e. The lowest BCUT2D eigenvalue weighted by atomic mass is 10.2. The Hall–Kier alpha value is -3.56. The van der Waals surface area contributed by atoms with E-state index >= 15 is 0 Å². The molecule has 1 aliphatic heterocycles. The molecule has 0 aliphatic carbocycles. The average molecular weight is 480 g/mol. The predicted octanol–water partition coefficient (Wildman–Crippen LogP) is 2.32. The van der Waals surface area contributed by atoms with Crippen molar-refractivity contribution in [2.45, 2.75) is 13.5 Å². The van der Waals surface area contributed by atoms with Crippen molar-refractivity contribution in [2.75, 3.05) is 45.8 Å². The van der Waals surface area contributed by atoms with Crippen LogP contribution in [-0.2, 0) is 6.61 Å². The van der Waals surface area contributed by atoms with Crippen molar-refractivity contribution in [1.82, 2.24) is 24.9 Å². The van der Waals surface area contributed by atoms with Crippen LogP contribution in [0.25, 0.3) is 5.69 Å². The van der Waals surface area contributed by atoms with E-state index in [9.17, 15) is 14.0 Å². The SMILES string of the molecule is CCN1CCN(CCNC(=O)c2ccc(-n3nc(OCc4cccc(F)c4)ccc3=O)cc2)CC1. The molecule has 3 aromatic rings. The second kappa shape index (κ2) is 11.7. The Morgan fingerprint density at radius 1 is 1.03 bits per heavy atom. The van der Waals surface area contributed by atoms with Gasteiger partial charge >= 0.3 is 0 Å². The highest BCUT2D eigenvalue weighted by Crippen LogP contribution is 2.12. The molecule has 4 rings (SSSR count). The number of halogens is 1. The van der Waals surface area contributed by atoms with Crippen LogP contribution < -0.4 is 15.6 Å². The number of carbonyl (C=O) groups excluding carboxylic acids is 1. The second-order valence-electron chi connectivity index (χ2n) is 8.42. The molecule has 1 fully saturated rings. The maximum atomic E-state index is 13.4. The van der Waals surface area contributed by atoms with Gasteiger partial charge in [-0.2, -0.15) is 4.68 Å². The van der Waals surface area contributed by atoms with E-state index in [0.717, 1.165) is 39.3 Å². The van der Waals surface area contributed by atoms with Gasteiger partial charge in [-0.1, -0.05) is 19.1 Å². The van der Waals surface area contributed by atoms with E-state index < -0.39 is 0 Å². The zero-order valence-electron chi connectivity index (χ0n) is 19.8. The monoisotopic (exact) mass is 479 g/mol. The molecule has 1 aromatic heterocycles. The van der Waals surface area contributed by atoms with Crippen LogP contribution in [0.5, 0.6) is 5.88 Å². The Morgan fingerprint density at radius 3 is 2.49 bits per heavy atom. The highest BCUT2D eigenvalue weighted by Gasteiger charge is 2.15. The summed E-state index contributed by atoms with van der Waals surface area (Å²) in [5.41, 5.74) is 1.35. The van der Waals surface area contributed by atoms with Crippen molar-refractivity contribution < 1.29 is 13.9 Å². The van der Waals surface area contributed by atoms with Gasteiger partial charge in [0.1, 0.15) is 12.4 Å². The molecule has 0 bridgehead atoms. The van der Waals surface area contributed by atoms with E-state index in [0.29, 0.717) is 23.4 Å². The molecule has 1 saturated heterocycles. The largest absolute Gasteiger partial charge is 0.472 e. The minimum absolute atomic E-state index is 0.121. The van der Waals surface area contributed by atoms with Crippen LogP contribution in [0.2, 0.25) is 0 Å². The Morgan fingerprint density at radius 2 is 1.77 bits per heavy atom. The molecule has 0 radical (unpaired) electrons. The van der Waals surface area contributed by atoms with Gasteiger partial charge in [0.25, 0.3) is 11.5 Å². The van der Waals surface area contributed by atoms with Crippen molar-refractivity contribution in [3.8, 4) is 11.6 Å². The molecular formula is C26H30FN5O3. The third-order valence-corrected chi connectivity index (χ3v) is 6.05. The summed E-state index contributed by atoms with van der Waals surface area (Å²) >= 11 is 0. The minimum atomic E-state index is -0.344. The van der Waals surface area contributed by atoms with Crippen molar-refractivity contribution in [3.05, 3.63) is 88.0 Å².